The number of phenolic OH excluding ortho intramolecular Hbond substituents is 1. The fourth-order valence-corrected chi connectivity index (χ4v) is 3.78. The highest BCUT2D eigenvalue weighted by Gasteiger charge is 2.32. The van der Waals surface area contributed by atoms with Gasteiger partial charge in [0, 0.05) is 30.7 Å². The van der Waals surface area contributed by atoms with Gasteiger partial charge in [-0.3, -0.25) is 4.79 Å². The van der Waals surface area contributed by atoms with Gasteiger partial charge in [0.05, 0.1) is 22.4 Å². The molecule has 0 bridgehead atoms. The van der Waals surface area contributed by atoms with Crippen molar-refractivity contribution in [2.24, 2.45) is 11.0 Å². The Morgan fingerprint density at radius 1 is 1.30 bits per heavy atom. The maximum absolute atomic E-state index is 13.0. The summed E-state index contributed by atoms with van der Waals surface area (Å²) in [6.07, 6.45) is 0.446. The summed E-state index contributed by atoms with van der Waals surface area (Å²) >= 11 is 0. The van der Waals surface area contributed by atoms with Crippen LogP contribution in [0.5, 0.6) is 5.75 Å². The topological polar surface area (TPSA) is 68.8 Å². The Labute approximate surface area is 170 Å². The van der Waals surface area contributed by atoms with E-state index in [4.69, 9.17) is 0 Å². The molecule has 0 saturated carbocycles. The predicted molar refractivity (Wildman–Crippen MR) is 103 cm³/mol. The van der Waals surface area contributed by atoms with E-state index in [1.54, 1.807) is 28.8 Å². The second-order valence-electron chi connectivity index (χ2n) is 7.63. The lowest BCUT2D eigenvalue weighted by molar-refractivity contribution is -0.424. The first-order valence-corrected chi connectivity index (χ1v) is 9.48. The Balaban J connectivity index is 1.67. The maximum atomic E-state index is 13.0. The molecule has 1 aromatic heterocycles. The number of nitrogens with zero attached hydrogens (tertiary/aromatic N) is 4. The summed E-state index contributed by atoms with van der Waals surface area (Å²) in [5.41, 5.74) is 0.380. The lowest BCUT2D eigenvalue weighted by atomic mass is 9.99. The smallest absolute Gasteiger partial charge is 0.416 e. The van der Waals surface area contributed by atoms with E-state index in [2.05, 4.69) is 10.1 Å². The van der Waals surface area contributed by atoms with Crippen LogP contribution in [-0.2, 0) is 11.0 Å². The molecular weight excluding hydrogens is 397 g/mol. The lowest BCUT2D eigenvalue weighted by Gasteiger charge is -2.25. The van der Waals surface area contributed by atoms with E-state index in [0.717, 1.165) is 17.7 Å². The highest BCUT2D eigenvalue weighted by atomic mass is 19.4. The number of aromatic hydroxyl groups is 1. The van der Waals surface area contributed by atoms with Crippen LogP contribution >= 0.6 is 0 Å². The van der Waals surface area contributed by atoms with Gasteiger partial charge in [-0.05, 0) is 43.2 Å². The molecular formula is C21H20F3N4O2+. The molecule has 1 N–H and O–H groups in total. The number of alkyl halides is 3. The van der Waals surface area contributed by atoms with Gasteiger partial charge in [-0.15, -0.1) is 0 Å². The number of likely N-dealkylation sites (tertiary alicyclic amines) is 1. The number of halogens is 3. The molecule has 2 aliphatic rings. The standard InChI is InChI=1S/C21H19F3N4O2/c1-12-7-15(21(22,23)24)8-17(29)19(12)16-5-4-14-11-28(26-20(14)25-16)10-13-3-6-18(30)27(2)9-13/h4-5,7-8,10-11,13H,3,6,9H2,1-2H3/p+1/b28-10+. The van der Waals surface area contributed by atoms with Crippen molar-refractivity contribution in [1.82, 2.24) is 9.88 Å². The molecule has 0 spiro atoms. The van der Waals surface area contributed by atoms with E-state index in [9.17, 15) is 23.1 Å². The third-order valence-corrected chi connectivity index (χ3v) is 5.31. The SMILES string of the molecule is Cc1cc(C(F)(F)F)cc(O)c1-c1ccc2c(n1)=N/[N+](=C/C1CCC(=O)N(C)C1)C=2. The van der Waals surface area contributed by atoms with Crippen LogP contribution < -0.4 is 10.7 Å². The number of aryl methyl sites for hydroxylation is 1. The molecule has 1 fully saturated rings. The molecule has 2 aliphatic heterocycles. The van der Waals surface area contributed by atoms with Crippen LogP contribution in [0.2, 0.25) is 0 Å². The second-order valence-corrected chi connectivity index (χ2v) is 7.63. The number of rotatable bonds is 2. The molecule has 4 rings (SSSR count). The highest BCUT2D eigenvalue weighted by molar-refractivity contribution is 5.78. The minimum atomic E-state index is -4.54. The summed E-state index contributed by atoms with van der Waals surface area (Å²) in [5.74, 6) is -0.180. The largest absolute Gasteiger partial charge is 0.507 e. The average molecular weight is 417 g/mol. The molecule has 9 heteroatoms. The number of benzene rings is 1. The third-order valence-electron chi connectivity index (χ3n) is 5.31. The van der Waals surface area contributed by atoms with Crippen molar-refractivity contribution in [3.8, 4) is 17.0 Å². The van der Waals surface area contributed by atoms with Crippen LogP contribution in [0.15, 0.2) is 29.4 Å². The van der Waals surface area contributed by atoms with Crippen LogP contribution in [0.1, 0.15) is 24.0 Å². The monoisotopic (exact) mass is 417 g/mol. The third kappa shape index (κ3) is 3.79. The van der Waals surface area contributed by atoms with Gasteiger partial charge in [-0.1, -0.05) is 4.68 Å². The Bertz CT molecular complexity index is 1160. The quantitative estimate of drug-likeness (QED) is 0.761. The fourth-order valence-electron chi connectivity index (χ4n) is 3.78. The number of hydrogen-bond acceptors (Lipinski definition) is 4. The molecule has 30 heavy (non-hydrogen) atoms. The summed E-state index contributed by atoms with van der Waals surface area (Å²) < 4.78 is 40.6. The van der Waals surface area contributed by atoms with Gasteiger partial charge in [-0.25, -0.2) is 4.98 Å². The molecule has 1 aromatic carbocycles. The van der Waals surface area contributed by atoms with Gasteiger partial charge in [0.1, 0.15) is 5.75 Å². The van der Waals surface area contributed by atoms with Crippen molar-refractivity contribution in [3.63, 3.8) is 0 Å². The number of hydrogen-bond donors (Lipinski definition) is 1. The van der Waals surface area contributed by atoms with Crippen molar-refractivity contribution in [3.05, 3.63) is 46.1 Å². The fraction of sp³-hybridized carbons (Fsp3) is 0.333. The molecule has 0 aliphatic carbocycles. The summed E-state index contributed by atoms with van der Waals surface area (Å²) in [6, 6.07) is 5.12. The molecule has 1 amide bonds. The van der Waals surface area contributed by atoms with E-state index < -0.39 is 17.5 Å². The summed E-state index contributed by atoms with van der Waals surface area (Å²) in [4.78, 5) is 17.8. The summed E-state index contributed by atoms with van der Waals surface area (Å²) in [7, 11) is 1.77. The van der Waals surface area contributed by atoms with Crippen LogP contribution in [-0.4, -0.2) is 45.4 Å². The normalized spacial score (nSPS) is 20.2. The van der Waals surface area contributed by atoms with E-state index in [0.29, 0.717) is 30.2 Å². The van der Waals surface area contributed by atoms with Gasteiger partial charge >= 0.3 is 6.18 Å². The highest BCUT2D eigenvalue weighted by Crippen LogP contribution is 2.38. The first kappa shape index (κ1) is 20.1. The minimum Gasteiger partial charge on any atom is -0.507 e. The first-order chi connectivity index (χ1) is 14.1. The minimum absolute atomic E-state index is 0.128. The zero-order valence-electron chi connectivity index (χ0n) is 16.4. The molecule has 6 nitrogen and oxygen atoms in total. The first-order valence-electron chi connectivity index (χ1n) is 9.48. The van der Waals surface area contributed by atoms with Gasteiger partial charge in [-0.2, -0.15) is 13.2 Å². The Kier molecular flexibility index (Phi) is 4.83. The van der Waals surface area contributed by atoms with Crippen molar-refractivity contribution in [2.75, 3.05) is 13.6 Å². The molecule has 0 radical (unpaired) electrons. The van der Waals surface area contributed by atoms with Crippen LogP contribution in [0.4, 0.5) is 13.2 Å². The molecule has 3 heterocycles. The number of fused-ring (bicyclic) bond motifs is 1. The number of pyridine rings is 1. The van der Waals surface area contributed by atoms with Gasteiger partial charge < -0.3 is 10.0 Å². The lowest BCUT2D eigenvalue weighted by Crippen LogP contribution is -2.38. The molecule has 2 aromatic rings. The van der Waals surface area contributed by atoms with Crippen LogP contribution in [0, 0.1) is 12.8 Å². The van der Waals surface area contributed by atoms with Gasteiger partial charge in [0.25, 0.3) is 0 Å². The van der Waals surface area contributed by atoms with Crippen molar-refractivity contribution in [1.29, 1.82) is 0 Å². The van der Waals surface area contributed by atoms with Gasteiger partial charge in [0.2, 0.25) is 17.6 Å². The number of amides is 1. The van der Waals surface area contributed by atoms with E-state index in [1.165, 1.54) is 6.92 Å². The van der Waals surface area contributed by atoms with Crippen LogP contribution in [0.25, 0.3) is 17.5 Å². The van der Waals surface area contributed by atoms with E-state index in [-0.39, 0.29) is 23.0 Å². The van der Waals surface area contributed by atoms with Crippen molar-refractivity contribution in [2.45, 2.75) is 25.9 Å². The molecule has 156 valence electrons. The average Bonchev–Trinajstić information content (AvgIpc) is 3.05. The zero-order valence-corrected chi connectivity index (χ0v) is 16.4. The van der Waals surface area contributed by atoms with Crippen LogP contribution in [0.3, 0.4) is 0 Å². The van der Waals surface area contributed by atoms with Crippen molar-refractivity contribution < 1.29 is 27.8 Å². The van der Waals surface area contributed by atoms with Gasteiger partial charge in [0.15, 0.2) is 6.21 Å². The summed E-state index contributed by atoms with van der Waals surface area (Å²) in [5, 5.41) is 15.4. The number of phenols is 1. The molecule has 1 atom stereocenters. The summed E-state index contributed by atoms with van der Waals surface area (Å²) in [6.45, 7) is 2.12. The number of carbonyl (C=O) groups excluding carboxylic acids is 1. The Morgan fingerprint density at radius 3 is 2.73 bits per heavy atom. The second kappa shape index (κ2) is 7.23. The number of piperidine rings is 1. The maximum Gasteiger partial charge on any atom is 0.416 e. The van der Waals surface area contributed by atoms with E-state index in [1.807, 2.05) is 12.4 Å². The van der Waals surface area contributed by atoms with E-state index >= 15 is 0 Å². The zero-order chi connectivity index (χ0) is 21.6. The van der Waals surface area contributed by atoms with Crippen molar-refractivity contribution >= 4 is 18.3 Å². The Morgan fingerprint density at radius 2 is 2.07 bits per heavy atom. The number of carbonyl (C=O) groups is 1. The molecule has 1 unspecified atom stereocenters. The predicted octanol–water partition coefficient (Wildman–Crippen LogP) is 2.02. The Hall–Kier alpha value is -3.23. The number of aromatic nitrogens is 1. The molecule has 1 saturated heterocycles.